The van der Waals surface area contributed by atoms with Gasteiger partial charge in [-0.2, -0.15) is 5.26 Å². The van der Waals surface area contributed by atoms with Crippen molar-refractivity contribution in [1.82, 2.24) is 9.38 Å². The molecule has 8 heteroatoms. The Morgan fingerprint density at radius 3 is 2.73 bits per heavy atom. The number of pyridine rings is 1. The summed E-state index contributed by atoms with van der Waals surface area (Å²) in [5.41, 5.74) is 3.47. The molecule has 160 valence electrons. The van der Waals surface area contributed by atoms with Gasteiger partial charge in [0.05, 0.1) is 28.1 Å². The van der Waals surface area contributed by atoms with Gasteiger partial charge in [-0.1, -0.05) is 18.2 Å². The van der Waals surface area contributed by atoms with Gasteiger partial charge in [0.15, 0.2) is 11.4 Å². The van der Waals surface area contributed by atoms with Crippen LogP contribution in [0, 0.1) is 18.3 Å². The minimum absolute atomic E-state index is 0.205. The monoisotopic (exact) mass is 435 g/mol. The summed E-state index contributed by atoms with van der Waals surface area (Å²) < 4.78 is 6.57. The maximum atomic E-state index is 13.3. The molecular formula is C25H17N5O3. The highest BCUT2D eigenvalue weighted by Gasteiger charge is 2.16. The largest absolute Gasteiger partial charge is 0.459 e. The number of carbonyl (C=O) groups is 1. The van der Waals surface area contributed by atoms with Crippen molar-refractivity contribution in [2.45, 2.75) is 6.92 Å². The van der Waals surface area contributed by atoms with Crippen LogP contribution in [-0.2, 0) is 0 Å². The van der Waals surface area contributed by atoms with Gasteiger partial charge in [-0.25, -0.2) is 4.98 Å². The number of amides is 1. The number of aromatic nitrogens is 2. The van der Waals surface area contributed by atoms with Crippen molar-refractivity contribution in [3.63, 3.8) is 0 Å². The number of nitriles is 1. The molecule has 0 aliphatic rings. The highest BCUT2D eigenvalue weighted by atomic mass is 16.3. The zero-order valence-electron chi connectivity index (χ0n) is 17.5. The van der Waals surface area contributed by atoms with E-state index in [-0.39, 0.29) is 17.2 Å². The topological polar surface area (TPSA) is 112 Å². The number of hydrogen-bond donors (Lipinski definition) is 2. The number of anilines is 2. The molecule has 0 fully saturated rings. The summed E-state index contributed by atoms with van der Waals surface area (Å²) in [6.07, 6.45) is 3.00. The van der Waals surface area contributed by atoms with Gasteiger partial charge in [-0.3, -0.25) is 14.0 Å². The molecule has 0 saturated heterocycles. The Balaban J connectivity index is 1.55. The summed E-state index contributed by atoms with van der Waals surface area (Å²) in [6.45, 7) is 1.73. The van der Waals surface area contributed by atoms with E-state index >= 15 is 0 Å². The van der Waals surface area contributed by atoms with Gasteiger partial charge in [0.1, 0.15) is 6.07 Å². The van der Waals surface area contributed by atoms with Gasteiger partial charge < -0.3 is 15.1 Å². The molecule has 0 bridgehead atoms. The minimum atomic E-state index is -0.366. The molecule has 5 aromatic rings. The molecule has 0 unspecified atom stereocenters. The van der Waals surface area contributed by atoms with Crippen LogP contribution in [0.3, 0.4) is 0 Å². The van der Waals surface area contributed by atoms with E-state index < -0.39 is 0 Å². The van der Waals surface area contributed by atoms with Crippen molar-refractivity contribution < 1.29 is 9.21 Å². The third-order valence-corrected chi connectivity index (χ3v) is 5.36. The summed E-state index contributed by atoms with van der Waals surface area (Å²) in [5, 5.41) is 16.0. The summed E-state index contributed by atoms with van der Waals surface area (Å²) in [4.78, 5) is 30.0. The Morgan fingerprint density at radius 1 is 1.12 bits per heavy atom. The molecule has 0 aliphatic carbocycles. The zero-order chi connectivity index (χ0) is 22.9. The molecule has 2 aromatic carbocycles. The lowest BCUT2D eigenvalue weighted by atomic mass is 10.1. The second-order valence-electron chi connectivity index (χ2n) is 7.39. The number of imidazole rings is 1. The maximum Gasteiger partial charge on any atom is 0.291 e. The van der Waals surface area contributed by atoms with Crippen LogP contribution >= 0.6 is 0 Å². The van der Waals surface area contributed by atoms with E-state index in [2.05, 4.69) is 21.7 Å². The molecule has 3 heterocycles. The van der Waals surface area contributed by atoms with Crippen molar-refractivity contribution in [1.29, 1.82) is 5.26 Å². The number of rotatable bonds is 4. The molecule has 33 heavy (non-hydrogen) atoms. The molecule has 0 aliphatic heterocycles. The molecule has 0 atom stereocenters. The number of nitrogens with zero attached hydrogens (tertiary/aromatic N) is 3. The van der Waals surface area contributed by atoms with E-state index in [0.717, 1.165) is 0 Å². The molecule has 0 saturated carbocycles. The fourth-order valence-corrected chi connectivity index (χ4v) is 3.73. The predicted octanol–water partition coefficient (Wildman–Crippen LogP) is 3.44. The number of fused-ring (bicyclic) bond motifs is 3. The second-order valence-corrected chi connectivity index (χ2v) is 7.39. The van der Waals surface area contributed by atoms with Gasteiger partial charge in [0.25, 0.3) is 11.5 Å². The van der Waals surface area contributed by atoms with Gasteiger partial charge >= 0.3 is 0 Å². The number of nitrogens with one attached hydrogen (secondary N) is 2. The summed E-state index contributed by atoms with van der Waals surface area (Å²) in [5.74, 6) is -0.161. The Hall–Kier alpha value is -4.90. The number of hydrogen-bond acceptors (Lipinski definition) is 6. The van der Waals surface area contributed by atoms with Crippen molar-refractivity contribution >= 4 is 40.2 Å². The minimum Gasteiger partial charge on any atom is -0.459 e. The van der Waals surface area contributed by atoms with E-state index in [9.17, 15) is 14.9 Å². The number of carbonyl (C=O) groups excluding carboxylic acids is 1. The fraction of sp³-hybridized carbons (Fsp3) is 0.0400. The van der Waals surface area contributed by atoms with E-state index in [1.165, 1.54) is 10.7 Å². The van der Waals surface area contributed by atoms with E-state index in [4.69, 9.17) is 4.42 Å². The van der Waals surface area contributed by atoms with Crippen LogP contribution in [0.15, 0.2) is 76.1 Å². The lowest BCUT2D eigenvalue weighted by molar-refractivity contribution is 0.0996. The average Bonchev–Trinajstić information content (AvgIpc) is 3.48. The van der Waals surface area contributed by atoms with Crippen LogP contribution in [0.5, 0.6) is 0 Å². The Kier molecular flexibility index (Phi) is 4.84. The fourth-order valence-electron chi connectivity index (χ4n) is 3.73. The van der Waals surface area contributed by atoms with Crippen LogP contribution in [-0.4, -0.2) is 15.3 Å². The molecule has 0 radical (unpaired) electrons. The van der Waals surface area contributed by atoms with Crippen molar-refractivity contribution in [3.05, 3.63) is 99.4 Å². The first-order valence-corrected chi connectivity index (χ1v) is 10.1. The van der Waals surface area contributed by atoms with Crippen molar-refractivity contribution in [3.8, 4) is 6.07 Å². The predicted molar refractivity (Wildman–Crippen MR) is 125 cm³/mol. The normalized spacial score (nSPS) is 11.6. The Labute approximate surface area is 187 Å². The zero-order valence-corrected chi connectivity index (χ0v) is 17.5. The van der Waals surface area contributed by atoms with Crippen LogP contribution in [0.4, 0.5) is 11.4 Å². The average molecular weight is 435 g/mol. The first kappa shape index (κ1) is 20.0. The molecule has 1 amide bonds. The Bertz CT molecular complexity index is 1680. The molecule has 2 N–H and O–H groups in total. The highest BCUT2D eigenvalue weighted by molar-refractivity contribution is 6.02. The third-order valence-electron chi connectivity index (χ3n) is 5.36. The first-order chi connectivity index (χ1) is 16.1. The van der Waals surface area contributed by atoms with Gasteiger partial charge in [-0.15, -0.1) is 0 Å². The quantitative estimate of drug-likeness (QED) is 0.447. The lowest BCUT2D eigenvalue weighted by Crippen LogP contribution is -2.34. The van der Waals surface area contributed by atoms with Crippen molar-refractivity contribution in [2.24, 2.45) is 0 Å². The summed E-state index contributed by atoms with van der Waals surface area (Å²) in [7, 11) is 0. The molecule has 3 aromatic heterocycles. The Morgan fingerprint density at radius 2 is 1.94 bits per heavy atom. The molecule has 5 rings (SSSR count). The van der Waals surface area contributed by atoms with E-state index in [1.807, 2.05) is 18.2 Å². The smallest absolute Gasteiger partial charge is 0.291 e. The van der Waals surface area contributed by atoms with Crippen LogP contribution in [0.1, 0.15) is 21.7 Å². The maximum absolute atomic E-state index is 13.3. The van der Waals surface area contributed by atoms with Crippen LogP contribution in [0.2, 0.25) is 0 Å². The van der Waals surface area contributed by atoms with E-state index in [0.29, 0.717) is 44.4 Å². The lowest BCUT2D eigenvalue weighted by Gasteiger charge is -2.07. The SMILES string of the molecule is Cc1c(C#N)c2nc3ccccc3n2c(=O)/c1=C/Nc1cccc(NC(=O)c2ccco2)c1. The molecule has 0 spiro atoms. The number of para-hydroxylation sites is 2. The third kappa shape index (κ3) is 3.47. The highest BCUT2D eigenvalue weighted by Crippen LogP contribution is 2.18. The van der Waals surface area contributed by atoms with E-state index in [1.54, 1.807) is 55.6 Å². The van der Waals surface area contributed by atoms with Crippen LogP contribution in [0.25, 0.3) is 22.9 Å². The standard InChI is InChI=1S/C25H17N5O3/c1-15-18(13-26)23-29-20-8-2-3-9-21(20)30(23)25(32)19(15)14-27-16-6-4-7-17(12-16)28-24(31)22-10-5-11-33-22/h2-12,14,27H,1H3,(H,28,31)/b19-14+. The first-order valence-electron chi connectivity index (χ1n) is 10.1. The van der Waals surface area contributed by atoms with Gasteiger partial charge in [0.2, 0.25) is 0 Å². The second kappa shape index (κ2) is 7.98. The summed E-state index contributed by atoms with van der Waals surface area (Å²) in [6, 6.07) is 19.7. The number of benzene rings is 2. The molecular weight excluding hydrogens is 418 g/mol. The van der Waals surface area contributed by atoms with Gasteiger partial charge in [-0.05, 0) is 55.0 Å². The number of furan rings is 1. The summed E-state index contributed by atoms with van der Waals surface area (Å²) >= 11 is 0. The van der Waals surface area contributed by atoms with Crippen molar-refractivity contribution in [2.75, 3.05) is 10.6 Å². The van der Waals surface area contributed by atoms with Crippen LogP contribution < -0.4 is 21.4 Å². The van der Waals surface area contributed by atoms with Gasteiger partial charge in [0, 0.05) is 17.6 Å². The molecule has 8 nitrogen and oxygen atoms in total.